The van der Waals surface area contributed by atoms with Crippen molar-refractivity contribution in [3.8, 4) is 5.75 Å². The molecule has 18 heavy (non-hydrogen) atoms. The van der Waals surface area contributed by atoms with Crippen LogP contribution in [0, 0.1) is 0 Å². The topological polar surface area (TPSA) is 68.4 Å². The standard InChI is InChI=1S/C14H16N2O2/c1-18-11-4-2-10(3-5-11)8-14(17)12-9-16-7-6-13(12)15/h2-7,9,14,17H,8H2,1H3,(H2,15,16). The first-order chi connectivity index (χ1) is 8.70. The van der Waals surface area contributed by atoms with Gasteiger partial charge in [-0.2, -0.15) is 0 Å². The maximum absolute atomic E-state index is 10.1. The summed E-state index contributed by atoms with van der Waals surface area (Å²) < 4.78 is 5.09. The van der Waals surface area contributed by atoms with Gasteiger partial charge in [-0.1, -0.05) is 12.1 Å². The van der Waals surface area contributed by atoms with Gasteiger partial charge in [0.25, 0.3) is 0 Å². The Morgan fingerprint density at radius 3 is 2.61 bits per heavy atom. The van der Waals surface area contributed by atoms with Crippen molar-refractivity contribution in [3.05, 3.63) is 53.9 Å². The number of aliphatic hydroxyl groups is 1. The number of aliphatic hydroxyl groups excluding tert-OH is 1. The van der Waals surface area contributed by atoms with Crippen LogP contribution in [0.3, 0.4) is 0 Å². The quantitative estimate of drug-likeness (QED) is 0.862. The van der Waals surface area contributed by atoms with E-state index in [1.807, 2.05) is 24.3 Å². The minimum atomic E-state index is -0.646. The number of rotatable bonds is 4. The van der Waals surface area contributed by atoms with Crippen LogP contribution in [0.25, 0.3) is 0 Å². The molecule has 2 aromatic rings. The Bertz CT molecular complexity index is 511. The van der Waals surface area contributed by atoms with Crippen LogP contribution >= 0.6 is 0 Å². The van der Waals surface area contributed by atoms with Gasteiger partial charge in [-0.05, 0) is 23.8 Å². The maximum Gasteiger partial charge on any atom is 0.118 e. The fourth-order valence-electron chi connectivity index (χ4n) is 1.79. The van der Waals surface area contributed by atoms with Crippen LogP contribution in [0.1, 0.15) is 17.2 Å². The smallest absolute Gasteiger partial charge is 0.118 e. The van der Waals surface area contributed by atoms with E-state index in [0.717, 1.165) is 11.3 Å². The highest BCUT2D eigenvalue weighted by Gasteiger charge is 2.11. The molecule has 94 valence electrons. The second kappa shape index (κ2) is 5.51. The van der Waals surface area contributed by atoms with Crippen LogP contribution in [-0.2, 0) is 6.42 Å². The zero-order valence-electron chi connectivity index (χ0n) is 10.2. The third-order valence-electron chi connectivity index (χ3n) is 2.83. The number of ether oxygens (including phenoxy) is 1. The molecule has 1 heterocycles. The molecule has 0 saturated heterocycles. The summed E-state index contributed by atoms with van der Waals surface area (Å²) in [5.41, 5.74) is 8.04. The molecule has 4 heteroatoms. The van der Waals surface area contributed by atoms with Crippen molar-refractivity contribution < 1.29 is 9.84 Å². The fourth-order valence-corrected chi connectivity index (χ4v) is 1.79. The van der Waals surface area contributed by atoms with E-state index in [1.165, 1.54) is 0 Å². The van der Waals surface area contributed by atoms with Gasteiger partial charge < -0.3 is 15.6 Å². The van der Waals surface area contributed by atoms with Crippen molar-refractivity contribution >= 4 is 5.69 Å². The summed E-state index contributed by atoms with van der Waals surface area (Å²) in [6.07, 6.45) is 3.06. The van der Waals surface area contributed by atoms with Crippen LogP contribution in [0.15, 0.2) is 42.7 Å². The first-order valence-electron chi connectivity index (χ1n) is 5.71. The van der Waals surface area contributed by atoms with Crippen LogP contribution in [-0.4, -0.2) is 17.2 Å². The molecular formula is C14H16N2O2. The first kappa shape index (κ1) is 12.4. The molecule has 0 aliphatic heterocycles. The van der Waals surface area contributed by atoms with Gasteiger partial charge >= 0.3 is 0 Å². The summed E-state index contributed by atoms with van der Waals surface area (Å²) in [5, 5.41) is 10.1. The molecule has 0 bridgehead atoms. The van der Waals surface area contributed by atoms with E-state index in [2.05, 4.69) is 4.98 Å². The molecule has 0 amide bonds. The van der Waals surface area contributed by atoms with Crippen LogP contribution in [0.4, 0.5) is 5.69 Å². The molecule has 0 aliphatic rings. The van der Waals surface area contributed by atoms with Crippen LogP contribution in [0.5, 0.6) is 5.75 Å². The van der Waals surface area contributed by atoms with Gasteiger partial charge in [0.2, 0.25) is 0 Å². The van der Waals surface area contributed by atoms with Crippen molar-refractivity contribution in [3.63, 3.8) is 0 Å². The lowest BCUT2D eigenvalue weighted by molar-refractivity contribution is 0.179. The van der Waals surface area contributed by atoms with Gasteiger partial charge in [-0.25, -0.2) is 0 Å². The summed E-state index contributed by atoms with van der Waals surface area (Å²) in [6, 6.07) is 9.28. The van der Waals surface area contributed by atoms with Crippen LogP contribution in [0.2, 0.25) is 0 Å². The van der Waals surface area contributed by atoms with E-state index >= 15 is 0 Å². The van der Waals surface area contributed by atoms with Gasteiger partial charge in [0.1, 0.15) is 5.75 Å². The number of hydrogen-bond acceptors (Lipinski definition) is 4. The Morgan fingerprint density at radius 1 is 1.28 bits per heavy atom. The van der Waals surface area contributed by atoms with E-state index < -0.39 is 6.10 Å². The lowest BCUT2D eigenvalue weighted by Crippen LogP contribution is -2.05. The first-order valence-corrected chi connectivity index (χ1v) is 5.71. The number of nitrogens with two attached hydrogens (primary N) is 1. The Morgan fingerprint density at radius 2 is 2.00 bits per heavy atom. The molecule has 2 rings (SSSR count). The second-order valence-electron chi connectivity index (χ2n) is 4.07. The predicted octanol–water partition coefficient (Wildman–Crippen LogP) is 1.95. The Kier molecular flexibility index (Phi) is 3.79. The molecule has 0 saturated carbocycles. The molecule has 1 aromatic heterocycles. The molecule has 0 fully saturated rings. The molecule has 1 atom stereocenters. The number of benzene rings is 1. The average Bonchev–Trinajstić information content (AvgIpc) is 2.40. The maximum atomic E-state index is 10.1. The summed E-state index contributed by atoms with van der Waals surface area (Å²) in [7, 11) is 1.63. The van der Waals surface area contributed by atoms with E-state index in [0.29, 0.717) is 17.7 Å². The fraction of sp³-hybridized carbons (Fsp3) is 0.214. The van der Waals surface area contributed by atoms with Crippen molar-refractivity contribution in [1.29, 1.82) is 0 Å². The zero-order chi connectivity index (χ0) is 13.0. The van der Waals surface area contributed by atoms with E-state index in [9.17, 15) is 5.11 Å². The minimum absolute atomic E-state index is 0.500. The van der Waals surface area contributed by atoms with Gasteiger partial charge in [-0.15, -0.1) is 0 Å². The zero-order valence-corrected chi connectivity index (χ0v) is 10.2. The monoisotopic (exact) mass is 244 g/mol. The molecule has 1 aromatic carbocycles. The molecule has 0 spiro atoms. The largest absolute Gasteiger partial charge is 0.497 e. The van der Waals surface area contributed by atoms with Crippen molar-refractivity contribution in [2.45, 2.75) is 12.5 Å². The van der Waals surface area contributed by atoms with E-state index in [4.69, 9.17) is 10.5 Å². The van der Waals surface area contributed by atoms with E-state index in [-0.39, 0.29) is 0 Å². The third-order valence-corrected chi connectivity index (χ3v) is 2.83. The Labute approximate surface area is 106 Å². The number of hydrogen-bond donors (Lipinski definition) is 2. The van der Waals surface area contributed by atoms with Crippen molar-refractivity contribution in [1.82, 2.24) is 4.98 Å². The summed E-state index contributed by atoms with van der Waals surface area (Å²) in [5.74, 6) is 0.800. The SMILES string of the molecule is COc1ccc(CC(O)c2cnccc2N)cc1. The number of methoxy groups -OCH3 is 1. The predicted molar refractivity (Wildman–Crippen MR) is 70.3 cm³/mol. The van der Waals surface area contributed by atoms with Gasteiger partial charge in [0.05, 0.1) is 13.2 Å². The summed E-state index contributed by atoms with van der Waals surface area (Å²) in [6.45, 7) is 0. The second-order valence-corrected chi connectivity index (χ2v) is 4.07. The van der Waals surface area contributed by atoms with Crippen molar-refractivity contribution in [2.24, 2.45) is 0 Å². The number of anilines is 1. The van der Waals surface area contributed by atoms with Gasteiger partial charge in [0.15, 0.2) is 0 Å². The van der Waals surface area contributed by atoms with Crippen molar-refractivity contribution in [2.75, 3.05) is 12.8 Å². The Balaban J connectivity index is 2.11. The number of nitrogens with zero attached hydrogens (tertiary/aromatic N) is 1. The third kappa shape index (κ3) is 2.78. The highest BCUT2D eigenvalue weighted by molar-refractivity contribution is 5.46. The van der Waals surface area contributed by atoms with E-state index in [1.54, 1.807) is 25.6 Å². The molecule has 4 nitrogen and oxygen atoms in total. The molecule has 1 unspecified atom stereocenters. The van der Waals surface area contributed by atoms with Gasteiger partial charge in [0, 0.05) is 30.1 Å². The van der Waals surface area contributed by atoms with Gasteiger partial charge in [-0.3, -0.25) is 4.98 Å². The number of aromatic nitrogens is 1. The summed E-state index contributed by atoms with van der Waals surface area (Å²) in [4.78, 5) is 3.98. The highest BCUT2D eigenvalue weighted by Crippen LogP contribution is 2.23. The summed E-state index contributed by atoms with van der Waals surface area (Å²) >= 11 is 0. The molecule has 0 radical (unpaired) electrons. The lowest BCUT2D eigenvalue weighted by atomic mass is 10.0. The average molecular weight is 244 g/mol. The molecule has 0 aliphatic carbocycles. The van der Waals surface area contributed by atoms with Crippen LogP contribution < -0.4 is 10.5 Å². The normalized spacial score (nSPS) is 12.1. The lowest BCUT2D eigenvalue weighted by Gasteiger charge is -2.13. The minimum Gasteiger partial charge on any atom is -0.497 e. The molecular weight excluding hydrogens is 228 g/mol. The number of nitrogen functional groups attached to an aromatic ring is 1. The highest BCUT2D eigenvalue weighted by atomic mass is 16.5. The molecule has 3 N–H and O–H groups in total. The Hall–Kier alpha value is -2.07. The number of pyridine rings is 1.